The minimum atomic E-state index is -0.804. The van der Waals surface area contributed by atoms with Crippen molar-refractivity contribution in [2.75, 3.05) is 0 Å². The molecule has 0 saturated heterocycles. The molecule has 0 bridgehead atoms. The van der Waals surface area contributed by atoms with Crippen LogP contribution in [0.15, 0.2) is 12.1 Å². The molecule has 0 heterocycles. The van der Waals surface area contributed by atoms with E-state index in [2.05, 4.69) is 0 Å². The van der Waals surface area contributed by atoms with E-state index in [9.17, 15) is 8.78 Å². The molecule has 0 saturated carbocycles. The summed E-state index contributed by atoms with van der Waals surface area (Å²) in [6.07, 6.45) is 0.572. The van der Waals surface area contributed by atoms with Crippen LogP contribution in [0.4, 0.5) is 8.78 Å². The van der Waals surface area contributed by atoms with Gasteiger partial charge in [-0.3, -0.25) is 0 Å². The third kappa shape index (κ3) is 2.49. The summed E-state index contributed by atoms with van der Waals surface area (Å²) in [5, 5.41) is 0. The predicted molar refractivity (Wildman–Crippen MR) is 48.4 cm³/mol. The fourth-order valence-electron chi connectivity index (χ4n) is 1.25. The molecule has 0 amide bonds. The maximum absolute atomic E-state index is 12.8. The van der Waals surface area contributed by atoms with Crippen LogP contribution in [0.2, 0.25) is 0 Å². The highest BCUT2D eigenvalue weighted by Gasteiger charge is 2.07. The normalized spacial score (nSPS) is 13.0. The fourth-order valence-corrected chi connectivity index (χ4v) is 1.25. The molecular formula is C10H13F2N. The number of hydrogen-bond donors (Lipinski definition) is 1. The molecule has 72 valence electrons. The lowest BCUT2D eigenvalue weighted by molar-refractivity contribution is 0.505. The van der Waals surface area contributed by atoms with E-state index < -0.39 is 11.6 Å². The molecule has 1 aromatic carbocycles. The van der Waals surface area contributed by atoms with Crippen LogP contribution in [0.3, 0.4) is 0 Å². The lowest BCUT2D eigenvalue weighted by atomic mass is 10.0. The van der Waals surface area contributed by atoms with Crippen LogP contribution in [0, 0.1) is 18.6 Å². The minimum absolute atomic E-state index is 0.0384. The average Bonchev–Trinajstić information content (AvgIpc) is 1.99. The van der Waals surface area contributed by atoms with E-state index in [0.29, 0.717) is 6.42 Å². The minimum Gasteiger partial charge on any atom is -0.328 e. The Kier molecular flexibility index (Phi) is 2.98. The van der Waals surface area contributed by atoms with Crippen molar-refractivity contribution in [3.05, 3.63) is 34.9 Å². The number of halogens is 2. The number of aryl methyl sites for hydroxylation is 1. The Balaban J connectivity index is 3.01. The van der Waals surface area contributed by atoms with Gasteiger partial charge >= 0.3 is 0 Å². The lowest BCUT2D eigenvalue weighted by Gasteiger charge is -2.08. The molecule has 0 aliphatic carbocycles. The first-order chi connectivity index (χ1) is 6.00. The zero-order valence-electron chi connectivity index (χ0n) is 7.77. The molecule has 1 unspecified atom stereocenters. The zero-order valence-corrected chi connectivity index (χ0v) is 7.77. The van der Waals surface area contributed by atoms with Crippen LogP contribution in [0.1, 0.15) is 18.1 Å². The van der Waals surface area contributed by atoms with Gasteiger partial charge in [0.05, 0.1) is 0 Å². The van der Waals surface area contributed by atoms with Crippen molar-refractivity contribution in [2.45, 2.75) is 26.3 Å². The molecule has 13 heavy (non-hydrogen) atoms. The third-order valence-electron chi connectivity index (χ3n) is 1.92. The molecule has 3 heteroatoms. The van der Waals surface area contributed by atoms with Crippen molar-refractivity contribution in [3.8, 4) is 0 Å². The first-order valence-corrected chi connectivity index (χ1v) is 4.21. The second-order valence-electron chi connectivity index (χ2n) is 3.37. The lowest BCUT2D eigenvalue weighted by Crippen LogP contribution is -2.18. The molecule has 0 radical (unpaired) electrons. The maximum Gasteiger partial charge on any atom is 0.159 e. The highest BCUT2D eigenvalue weighted by Crippen LogP contribution is 2.15. The zero-order chi connectivity index (χ0) is 10.0. The Hall–Kier alpha value is -0.960. The molecule has 0 spiro atoms. The Bertz CT molecular complexity index is 308. The van der Waals surface area contributed by atoms with Crippen LogP contribution in [0.5, 0.6) is 0 Å². The third-order valence-corrected chi connectivity index (χ3v) is 1.92. The van der Waals surface area contributed by atoms with E-state index in [1.165, 1.54) is 12.1 Å². The van der Waals surface area contributed by atoms with E-state index in [1.54, 1.807) is 6.92 Å². The molecule has 1 aromatic rings. The number of rotatable bonds is 2. The quantitative estimate of drug-likeness (QED) is 0.750. The van der Waals surface area contributed by atoms with Crippen molar-refractivity contribution in [1.82, 2.24) is 0 Å². The molecule has 0 fully saturated rings. The van der Waals surface area contributed by atoms with Gasteiger partial charge < -0.3 is 5.73 Å². The van der Waals surface area contributed by atoms with Gasteiger partial charge in [-0.05, 0) is 43.5 Å². The topological polar surface area (TPSA) is 26.0 Å². The number of nitrogens with two attached hydrogens (primary N) is 1. The number of benzene rings is 1. The summed E-state index contributed by atoms with van der Waals surface area (Å²) < 4.78 is 25.5. The van der Waals surface area contributed by atoms with Gasteiger partial charge in [-0.2, -0.15) is 0 Å². The smallest absolute Gasteiger partial charge is 0.159 e. The molecule has 0 aromatic heterocycles. The van der Waals surface area contributed by atoms with Crippen LogP contribution < -0.4 is 5.73 Å². The van der Waals surface area contributed by atoms with E-state index in [4.69, 9.17) is 5.73 Å². The first-order valence-electron chi connectivity index (χ1n) is 4.21. The summed E-state index contributed by atoms with van der Waals surface area (Å²) >= 11 is 0. The molecule has 1 nitrogen and oxygen atoms in total. The van der Waals surface area contributed by atoms with Crippen molar-refractivity contribution in [1.29, 1.82) is 0 Å². The van der Waals surface area contributed by atoms with Gasteiger partial charge in [0.1, 0.15) is 0 Å². The van der Waals surface area contributed by atoms with Gasteiger partial charge in [-0.25, -0.2) is 8.78 Å². The Morgan fingerprint density at radius 2 is 1.85 bits per heavy atom. The van der Waals surface area contributed by atoms with Gasteiger partial charge in [0.15, 0.2) is 11.6 Å². The molecular weight excluding hydrogens is 172 g/mol. The van der Waals surface area contributed by atoms with Crippen LogP contribution in [0.25, 0.3) is 0 Å². The van der Waals surface area contributed by atoms with E-state index in [1.807, 2.05) is 6.92 Å². The van der Waals surface area contributed by atoms with Crippen LogP contribution in [-0.2, 0) is 6.42 Å². The predicted octanol–water partition coefficient (Wildman–Crippen LogP) is 2.16. The maximum atomic E-state index is 12.8. The van der Waals surface area contributed by atoms with Crippen molar-refractivity contribution >= 4 is 0 Å². The summed E-state index contributed by atoms with van der Waals surface area (Å²) in [6.45, 7) is 3.58. The highest BCUT2D eigenvalue weighted by atomic mass is 19.2. The van der Waals surface area contributed by atoms with E-state index >= 15 is 0 Å². The Morgan fingerprint density at radius 3 is 2.38 bits per heavy atom. The largest absolute Gasteiger partial charge is 0.328 e. The Labute approximate surface area is 76.6 Å². The molecule has 2 N–H and O–H groups in total. The van der Waals surface area contributed by atoms with Crippen molar-refractivity contribution in [3.63, 3.8) is 0 Å². The van der Waals surface area contributed by atoms with Crippen LogP contribution >= 0.6 is 0 Å². The highest BCUT2D eigenvalue weighted by molar-refractivity contribution is 5.28. The Morgan fingerprint density at radius 1 is 1.31 bits per heavy atom. The van der Waals surface area contributed by atoms with E-state index in [0.717, 1.165) is 11.1 Å². The van der Waals surface area contributed by atoms with Crippen LogP contribution in [-0.4, -0.2) is 6.04 Å². The molecule has 1 rings (SSSR count). The SMILES string of the molecule is Cc1cc(F)c(F)cc1CC(C)N. The van der Waals surface area contributed by atoms with Gasteiger partial charge in [0.25, 0.3) is 0 Å². The van der Waals surface area contributed by atoms with E-state index in [-0.39, 0.29) is 6.04 Å². The summed E-state index contributed by atoms with van der Waals surface area (Å²) in [5.41, 5.74) is 7.08. The second-order valence-corrected chi connectivity index (χ2v) is 3.37. The average molecular weight is 185 g/mol. The molecule has 0 aliphatic heterocycles. The summed E-state index contributed by atoms with van der Waals surface area (Å²) in [6, 6.07) is 2.38. The van der Waals surface area contributed by atoms with Crippen molar-refractivity contribution < 1.29 is 8.78 Å². The number of hydrogen-bond acceptors (Lipinski definition) is 1. The fraction of sp³-hybridized carbons (Fsp3) is 0.400. The first kappa shape index (κ1) is 10.1. The van der Waals surface area contributed by atoms with Crippen molar-refractivity contribution in [2.24, 2.45) is 5.73 Å². The summed E-state index contributed by atoms with van der Waals surface area (Å²) in [4.78, 5) is 0. The second kappa shape index (κ2) is 3.83. The summed E-state index contributed by atoms with van der Waals surface area (Å²) in [5.74, 6) is -1.60. The van der Waals surface area contributed by atoms with Gasteiger partial charge in [-0.15, -0.1) is 0 Å². The monoisotopic (exact) mass is 185 g/mol. The van der Waals surface area contributed by atoms with Gasteiger partial charge in [-0.1, -0.05) is 0 Å². The summed E-state index contributed by atoms with van der Waals surface area (Å²) in [7, 11) is 0. The molecule has 1 atom stereocenters. The molecule has 0 aliphatic rings. The van der Waals surface area contributed by atoms with Gasteiger partial charge in [0.2, 0.25) is 0 Å². The standard InChI is InChI=1S/C10H13F2N/c1-6-3-9(11)10(12)5-8(6)4-7(2)13/h3,5,7H,4,13H2,1-2H3. The van der Waals surface area contributed by atoms with Gasteiger partial charge in [0, 0.05) is 6.04 Å².